The molecule has 1 atom stereocenters. The van der Waals surface area contributed by atoms with Crippen LogP contribution in [-0.2, 0) is 4.74 Å². The van der Waals surface area contributed by atoms with E-state index < -0.39 is 0 Å². The van der Waals surface area contributed by atoms with E-state index in [2.05, 4.69) is 24.1 Å². The van der Waals surface area contributed by atoms with Crippen molar-refractivity contribution in [2.75, 3.05) is 18.8 Å². The Morgan fingerprint density at radius 3 is 2.89 bits per heavy atom. The van der Waals surface area contributed by atoms with Gasteiger partial charge >= 0.3 is 0 Å². The summed E-state index contributed by atoms with van der Waals surface area (Å²) >= 11 is 0. The van der Waals surface area contributed by atoms with E-state index in [1.165, 1.54) is 0 Å². The highest BCUT2D eigenvalue weighted by Crippen LogP contribution is 2.29. The van der Waals surface area contributed by atoms with Gasteiger partial charge in [-0.25, -0.2) is 0 Å². The van der Waals surface area contributed by atoms with Gasteiger partial charge in [0.25, 0.3) is 5.56 Å². The fraction of sp³-hybridized carbons (Fsp3) is 0.692. The highest BCUT2D eigenvalue weighted by Gasteiger charge is 2.35. The van der Waals surface area contributed by atoms with Crippen LogP contribution in [0.15, 0.2) is 11.0 Å². The molecule has 2 heterocycles. The number of rotatable bonds is 3. The van der Waals surface area contributed by atoms with Crippen LogP contribution < -0.4 is 16.6 Å². The summed E-state index contributed by atoms with van der Waals surface area (Å²) < 4.78 is 7.95. The Balaban J connectivity index is 2.32. The minimum atomic E-state index is -0.283. The molecule has 1 aromatic heterocycles. The molecule has 0 aliphatic carbocycles. The summed E-state index contributed by atoms with van der Waals surface area (Å²) in [6.45, 7) is 7.46. The van der Waals surface area contributed by atoms with E-state index in [1.807, 2.05) is 0 Å². The van der Waals surface area contributed by atoms with Crippen LogP contribution in [0.2, 0.25) is 0 Å². The van der Waals surface area contributed by atoms with Crippen LogP contribution in [0.1, 0.15) is 38.5 Å². The molecule has 3 N–H and O–H groups in total. The Bertz CT molecular complexity index is 508. The number of anilines is 1. The summed E-state index contributed by atoms with van der Waals surface area (Å²) in [6.07, 6.45) is 3.36. The largest absolute Gasteiger partial charge is 0.369 e. The first-order valence-electron chi connectivity index (χ1n) is 6.75. The van der Waals surface area contributed by atoms with Gasteiger partial charge in [0.05, 0.1) is 5.60 Å². The van der Waals surface area contributed by atoms with Crippen molar-refractivity contribution in [2.45, 2.75) is 45.4 Å². The second-order valence-electron chi connectivity index (χ2n) is 5.09. The minimum Gasteiger partial charge on any atom is -0.369 e. The number of aromatic nitrogens is 2. The molecule has 0 spiro atoms. The van der Waals surface area contributed by atoms with Crippen molar-refractivity contribution >= 4 is 5.95 Å². The molecule has 2 rings (SSSR count). The van der Waals surface area contributed by atoms with Gasteiger partial charge in [-0.05, 0) is 19.8 Å². The van der Waals surface area contributed by atoms with Gasteiger partial charge in [0, 0.05) is 24.8 Å². The third-order valence-electron chi connectivity index (χ3n) is 3.90. The lowest BCUT2D eigenvalue weighted by molar-refractivity contribution is -0.150. The third kappa shape index (κ3) is 2.64. The topological polar surface area (TPSA) is 82.2 Å². The Labute approximate surface area is 113 Å². The van der Waals surface area contributed by atoms with Gasteiger partial charge in [0.1, 0.15) is 6.23 Å². The first-order valence-corrected chi connectivity index (χ1v) is 6.75. The van der Waals surface area contributed by atoms with E-state index in [4.69, 9.17) is 10.5 Å². The fourth-order valence-electron chi connectivity index (χ4n) is 2.43. The van der Waals surface area contributed by atoms with Gasteiger partial charge in [0.15, 0.2) is 0 Å². The molecule has 1 fully saturated rings. The Morgan fingerprint density at radius 1 is 1.58 bits per heavy atom. The average Bonchev–Trinajstić information content (AvgIpc) is 2.43. The van der Waals surface area contributed by atoms with Crippen LogP contribution in [-0.4, -0.2) is 28.2 Å². The molecule has 0 unspecified atom stereocenters. The molecule has 0 saturated carbocycles. The summed E-state index contributed by atoms with van der Waals surface area (Å²) in [7, 11) is 0. The molecular weight excluding hydrogens is 244 g/mol. The molecular formula is C13H22N4O2. The molecule has 0 bridgehead atoms. The first-order chi connectivity index (χ1) is 9.01. The number of hydrogen-bond donors (Lipinski definition) is 2. The van der Waals surface area contributed by atoms with E-state index in [9.17, 15) is 4.79 Å². The van der Waals surface area contributed by atoms with E-state index in [1.54, 1.807) is 17.7 Å². The zero-order valence-corrected chi connectivity index (χ0v) is 11.8. The van der Waals surface area contributed by atoms with Gasteiger partial charge in [0.2, 0.25) is 5.95 Å². The number of nitrogens with one attached hydrogen (secondary N) is 1. The molecule has 6 heteroatoms. The zero-order valence-electron chi connectivity index (χ0n) is 11.8. The number of nitrogens with two attached hydrogens (primary N) is 1. The van der Waals surface area contributed by atoms with Crippen molar-refractivity contribution in [2.24, 2.45) is 0 Å². The Hall–Kier alpha value is -1.40. The molecule has 1 aromatic rings. The molecule has 1 aliphatic heterocycles. The highest BCUT2D eigenvalue weighted by atomic mass is 16.5. The molecule has 0 aromatic carbocycles. The summed E-state index contributed by atoms with van der Waals surface area (Å²) in [5.41, 5.74) is 5.95. The highest BCUT2D eigenvalue weighted by molar-refractivity contribution is 5.21. The first kappa shape index (κ1) is 14.0. The number of hydrogen-bond acceptors (Lipinski definition) is 5. The van der Waals surface area contributed by atoms with Crippen molar-refractivity contribution < 1.29 is 4.74 Å². The number of nitrogens with zero attached hydrogens (tertiary/aromatic N) is 2. The lowest BCUT2D eigenvalue weighted by atomic mass is 9.95. The lowest BCUT2D eigenvalue weighted by Gasteiger charge is -2.41. The van der Waals surface area contributed by atoms with E-state index in [0.29, 0.717) is 12.1 Å². The SMILES string of the molecule is CCC1(CC)CNC[C@H](n2cc(C)c(=O)nc2N)O1. The standard InChI is InChI=1S/C13H22N4O2/c1-4-13(5-2)8-15-6-10(19-13)17-7-9(3)11(18)16-12(17)14/h7,10,15H,4-6,8H2,1-3H3,(H2,14,16,18)/t10-/m1/s1. The van der Waals surface area contributed by atoms with Crippen LogP contribution in [0, 0.1) is 6.92 Å². The van der Waals surface area contributed by atoms with Crippen LogP contribution >= 0.6 is 0 Å². The maximum absolute atomic E-state index is 11.5. The molecule has 106 valence electrons. The molecule has 19 heavy (non-hydrogen) atoms. The molecule has 1 saturated heterocycles. The monoisotopic (exact) mass is 266 g/mol. The molecule has 6 nitrogen and oxygen atoms in total. The lowest BCUT2D eigenvalue weighted by Crippen LogP contribution is -2.51. The third-order valence-corrected chi connectivity index (χ3v) is 3.90. The van der Waals surface area contributed by atoms with Crippen molar-refractivity contribution in [1.29, 1.82) is 0 Å². The predicted octanol–water partition coefficient (Wildman–Crippen LogP) is 0.811. The summed E-state index contributed by atoms with van der Waals surface area (Å²) in [5.74, 6) is 0.199. The second-order valence-corrected chi connectivity index (χ2v) is 5.09. The van der Waals surface area contributed by atoms with Crippen molar-refractivity contribution in [3.8, 4) is 0 Å². The van der Waals surface area contributed by atoms with Gasteiger partial charge in [-0.1, -0.05) is 13.8 Å². The van der Waals surface area contributed by atoms with Gasteiger partial charge < -0.3 is 15.8 Å². The summed E-state index contributed by atoms with van der Waals surface area (Å²) in [6, 6.07) is 0. The normalized spacial score (nSPS) is 22.4. The quantitative estimate of drug-likeness (QED) is 0.846. The number of ether oxygens (including phenoxy) is 1. The van der Waals surface area contributed by atoms with Crippen LogP contribution in [0.5, 0.6) is 0 Å². The summed E-state index contributed by atoms with van der Waals surface area (Å²) in [5, 5.41) is 3.38. The second kappa shape index (κ2) is 5.30. The fourth-order valence-corrected chi connectivity index (χ4v) is 2.43. The van der Waals surface area contributed by atoms with Crippen molar-refractivity contribution in [1.82, 2.24) is 14.9 Å². The number of nitrogen functional groups attached to an aromatic ring is 1. The number of aryl methyl sites for hydroxylation is 1. The number of morpholine rings is 1. The minimum absolute atomic E-state index is 0.174. The predicted molar refractivity (Wildman–Crippen MR) is 74.0 cm³/mol. The zero-order chi connectivity index (χ0) is 14.0. The van der Waals surface area contributed by atoms with Gasteiger partial charge in [-0.15, -0.1) is 0 Å². The van der Waals surface area contributed by atoms with E-state index in [0.717, 1.165) is 19.4 Å². The van der Waals surface area contributed by atoms with Crippen molar-refractivity contribution in [3.05, 3.63) is 22.1 Å². The smallest absolute Gasteiger partial charge is 0.277 e. The maximum atomic E-state index is 11.5. The van der Waals surface area contributed by atoms with Crippen LogP contribution in [0.3, 0.4) is 0 Å². The maximum Gasteiger partial charge on any atom is 0.277 e. The summed E-state index contributed by atoms with van der Waals surface area (Å²) in [4.78, 5) is 15.3. The van der Waals surface area contributed by atoms with Gasteiger partial charge in [-0.2, -0.15) is 4.98 Å². The van der Waals surface area contributed by atoms with Crippen LogP contribution in [0.25, 0.3) is 0 Å². The Kier molecular flexibility index (Phi) is 3.91. The van der Waals surface area contributed by atoms with E-state index >= 15 is 0 Å². The molecule has 1 aliphatic rings. The Morgan fingerprint density at radius 2 is 2.26 bits per heavy atom. The van der Waals surface area contributed by atoms with Crippen molar-refractivity contribution in [3.63, 3.8) is 0 Å². The van der Waals surface area contributed by atoms with E-state index in [-0.39, 0.29) is 23.3 Å². The van der Waals surface area contributed by atoms with Crippen LogP contribution in [0.4, 0.5) is 5.95 Å². The van der Waals surface area contributed by atoms with Gasteiger partial charge in [-0.3, -0.25) is 9.36 Å². The average molecular weight is 266 g/mol. The molecule has 0 radical (unpaired) electrons. The molecule has 0 amide bonds.